The molecule has 1 aromatic carbocycles. The summed E-state index contributed by atoms with van der Waals surface area (Å²) in [5, 5.41) is 0.680. The van der Waals surface area contributed by atoms with Crippen LogP contribution in [-0.2, 0) is 0 Å². The third-order valence-corrected chi connectivity index (χ3v) is 3.83. The zero-order chi connectivity index (χ0) is 13.0. The van der Waals surface area contributed by atoms with Crippen molar-refractivity contribution in [3.8, 4) is 0 Å². The van der Waals surface area contributed by atoms with Gasteiger partial charge in [-0.05, 0) is 56.6 Å². The summed E-state index contributed by atoms with van der Waals surface area (Å²) < 4.78 is 0. The predicted molar refractivity (Wildman–Crippen MR) is 75.3 cm³/mol. The average molecular weight is 266 g/mol. The molecule has 0 amide bonds. The number of hydrogen-bond donors (Lipinski definition) is 0. The monoisotopic (exact) mass is 265 g/mol. The molecule has 1 aromatic rings. The summed E-state index contributed by atoms with van der Waals surface area (Å²) in [6.07, 6.45) is 4.42. The minimum absolute atomic E-state index is 0.0543. The van der Waals surface area contributed by atoms with Crippen molar-refractivity contribution < 1.29 is 4.79 Å². The fraction of sp³-hybridized carbons (Fsp3) is 0.533. The molecule has 3 heteroatoms. The molecule has 0 N–H and O–H groups in total. The van der Waals surface area contributed by atoms with E-state index >= 15 is 0 Å². The van der Waals surface area contributed by atoms with Crippen molar-refractivity contribution in [2.45, 2.75) is 38.6 Å². The Morgan fingerprint density at radius 3 is 2.44 bits per heavy atom. The zero-order valence-electron chi connectivity index (χ0n) is 10.9. The van der Waals surface area contributed by atoms with Crippen molar-refractivity contribution in [1.29, 1.82) is 0 Å². The zero-order valence-corrected chi connectivity index (χ0v) is 11.6. The Morgan fingerprint density at radius 2 is 1.89 bits per heavy atom. The number of carbonyl (C=O) groups excluding carboxylic acids is 1. The molecule has 1 atom stereocenters. The van der Waals surface area contributed by atoms with Crippen LogP contribution in [0.1, 0.15) is 43.0 Å². The van der Waals surface area contributed by atoms with E-state index in [0.717, 1.165) is 31.5 Å². The molecular weight excluding hydrogens is 246 g/mol. The van der Waals surface area contributed by atoms with Crippen molar-refractivity contribution in [2.24, 2.45) is 0 Å². The molecule has 2 rings (SSSR count). The van der Waals surface area contributed by atoms with Gasteiger partial charge >= 0.3 is 0 Å². The summed E-state index contributed by atoms with van der Waals surface area (Å²) >= 11 is 5.86. The molecular formula is C15H20ClNO. The Morgan fingerprint density at radius 1 is 1.28 bits per heavy atom. The van der Waals surface area contributed by atoms with Gasteiger partial charge in [-0.1, -0.05) is 24.9 Å². The number of ketones is 1. The molecule has 0 radical (unpaired) electrons. The van der Waals surface area contributed by atoms with Crippen LogP contribution >= 0.6 is 11.6 Å². The predicted octanol–water partition coefficient (Wildman–Crippen LogP) is 3.79. The second-order valence-corrected chi connectivity index (χ2v) is 5.36. The second kappa shape index (κ2) is 6.35. The largest absolute Gasteiger partial charge is 0.293 e. The van der Waals surface area contributed by atoms with Crippen LogP contribution < -0.4 is 0 Å². The topological polar surface area (TPSA) is 20.3 Å². The lowest BCUT2D eigenvalue weighted by molar-refractivity contribution is 0.0837. The van der Waals surface area contributed by atoms with E-state index in [2.05, 4.69) is 11.8 Å². The van der Waals surface area contributed by atoms with Crippen LogP contribution in [0.15, 0.2) is 24.3 Å². The third-order valence-electron chi connectivity index (χ3n) is 3.57. The minimum atomic E-state index is 0.0543. The first-order valence-electron chi connectivity index (χ1n) is 6.76. The van der Waals surface area contributed by atoms with Gasteiger partial charge in [-0.3, -0.25) is 9.69 Å². The van der Waals surface area contributed by atoms with Gasteiger partial charge in [-0.2, -0.15) is 0 Å². The minimum Gasteiger partial charge on any atom is -0.293 e. The molecule has 0 aliphatic carbocycles. The molecule has 0 bridgehead atoms. The molecule has 0 unspecified atom stereocenters. The summed E-state index contributed by atoms with van der Waals surface area (Å²) in [7, 11) is 0. The third kappa shape index (κ3) is 3.12. The summed E-state index contributed by atoms with van der Waals surface area (Å²) in [4.78, 5) is 14.9. The lowest BCUT2D eigenvalue weighted by atomic mass is 9.99. The number of halogens is 1. The highest BCUT2D eigenvalue weighted by Crippen LogP contribution is 2.20. The molecule has 0 spiro atoms. The Hall–Kier alpha value is -0.860. The van der Waals surface area contributed by atoms with E-state index in [-0.39, 0.29) is 11.8 Å². The first-order valence-corrected chi connectivity index (χ1v) is 7.14. The van der Waals surface area contributed by atoms with Gasteiger partial charge in [-0.25, -0.2) is 0 Å². The standard InChI is InChI=1S/C15H20ClNO/c1-2-5-14(17-10-3-4-11-17)15(18)12-6-8-13(16)9-7-12/h6-9,14H,2-5,10-11H2,1H3/t14-/m0/s1. The van der Waals surface area contributed by atoms with Crippen LogP contribution in [0.2, 0.25) is 5.02 Å². The van der Waals surface area contributed by atoms with Crippen LogP contribution in [0.3, 0.4) is 0 Å². The highest BCUT2D eigenvalue weighted by atomic mass is 35.5. The molecule has 1 aliphatic rings. The maximum atomic E-state index is 12.5. The van der Waals surface area contributed by atoms with E-state index in [0.29, 0.717) is 5.02 Å². The summed E-state index contributed by atoms with van der Waals surface area (Å²) in [6, 6.07) is 7.31. The van der Waals surface area contributed by atoms with Gasteiger partial charge in [0.15, 0.2) is 5.78 Å². The number of hydrogen-bond acceptors (Lipinski definition) is 2. The van der Waals surface area contributed by atoms with Crippen LogP contribution in [0.4, 0.5) is 0 Å². The molecule has 1 aliphatic heterocycles. The van der Waals surface area contributed by atoms with Crippen LogP contribution in [0, 0.1) is 0 Å². The Balaban J connectivity index is 2.14. The first kappa shape index (κ1) is 13.6. The van der Waals surface area contributed by atoms with Crippen molar-refractivity contribution in [2.75, 3.05) is 13.1 Å². The Kier molecular flexibility index (Phi) is 4.79. The molecule has 1 fully saturated rings. The molecule has 2 nitrogen and oxygen atoms in total. The van der Waals surface area contributed by atoms with Crippen LogP contribution in [0.5, 0.6) is 0 Å². The molecule has 1 heterocycles. The smallest absolute Gasteiger partial charge is 0.179 e. The van der Waals surface area contributed by atoms with E-state index in [1.807, 2.05) is 12.1 Å². The quantitative estimate of drug-likeness (QED) is 0.755. The highest BCUT2D eigenvalue weighted by Gasteiger charge is 2.27. The van der Waals surface area contributed by atoms with Crippen LogP contribution in [0.25, 0.3) is 0 Å². The number of carbonyl (C=O) groups is 1. The van der Waals surface area contributed by atoms with Crippen LogP contribution in [-0.4, -0.2) is 29.8 Å². The SMILES string of the molecule is CCC[C@@H](C(=O)c1ccc(Cl)cc1)N1CCCC1. The van der Waals surface area contributed by atoms with Crippen molar-refractivity contribution in [3.05, 3.63) is 34.9 Å². The van der Waals surface area contributed by atoms with E-state index in [4.69, 9.17) is 11.6 Å². The van der Waals surface area contributed by atoms with E-state index in [9.17, 15) is 4.79 Å². The Labute approximate surface area is 114 Å². The fourth-order valence-electron chi connectivity index (χ4n) is 2.61. The normalized spacial score (nSPS) is 17.9. The van der Waals surface area contributed by atoms with Gasteiger partial charge in [0, 0.05) is 10.6 Å². The van der Waals surface area contributed by atoms with Gasteiger partial charge in [0.25, 0.3) is 0 Å². The number of nitrogens with zero attached hydrogens (tertiary/aromatic N) is 1. The fourth-order valence-corrected chi connectivity index (χ4v) is 2.74. The molecule has 0 saturated carbocycles. The summed E-state index contributed by atoms with van der Waals surface area (Å²) in [5.41, 5.74) is 0.782. The van der Waals surface area contributed by atoms with Crippen molar-refractivity contribution in [1.82, 2.24) is 4.90 Å². The van der Waals surface area contributed by atoms with E-state index in [1.54, 1.807) is 12.1 Å². The van der Waals surface area contributed by atoms with Crippen molar-refractivity contribution in [3.63, 3.8) is 0 Å². The summed E-state index contributed by atoms with van der Waals surface area (Å²) in [5.74, 6) is 0.246. The maximum absolute atomic E-state index is 12.5. The van der Waals surface area contributed by atoms with Crippen molar-refractivity contribution >= 4 is 17.4 Å². The van der Waals surface area contributed by atoms with Gasteiger partial charge in [0.2, 0.25) is 0 Å². The van der Waals surface area contributed by atoms with Gasteiger partial charge in [0.05, 0.1) is 6.04 Å². The number of Topliss-reactive ketones (excluding diaryl/α,β-unsaturated/α-hetero) is 1. The first-order chi connectivity index (χ1) is 8.72. The maximum Gasteiger partial charge on any atom is 0.179 e. The molecule has 1 saturated heterocycles. The number of likely N-dealkylation sites (tertiary alicyclic amines) is 1. The van der Waals surface area contributed by atoms with Gasteiger partial charge in [0.1, 0.15) is 0 Å². The molecule has 0 aromatic heterocycles. The number of benzene rings is 1. The second-order valence-electron chi connectivity index (χ2n) is 4.92. The lowest BCUT2D eigenvalue weighted by Gasteiger charge is -2.26. The van der Waals surface area contributed by atoms with E-state index < -0.39 is 0 Å². The van der Waals surface area contributed by atoms with E-state index in [1.165, 1.54) is 12.8 Å². The Bertz CT molecular complexity index is 395. The average Bonchev–Trinajstić information content (AvgIpc) is 2.90. The highest BCUT2D eigenvalue weighted by molar-refractivity contribution is 6.30. The lowest BCUT2D eigenvalue weighted by Crippen LogP contribution is -2.39. The van der Waals surface area contributed by atoms with Gasteiger partial charge in [-0.15, -0.1) is 0 Å². The number of rotatable bonds is 5. The van der Waals surface area contributed by atoms with Gasteiger partial charge < -0.3 is 0 Å². The molecule has 18 heavy (non-hydrogen) atoms. The summed E-state index contributed by atoms with van der Waals surface area (Å²) in [6.45, 7) is 4.26. The molecule has 98 valence electrons.